The fourth-order valence-electron chi connectivity index (χ4n) is 3.76. The molecule has 1 aromatic carbocycles. The number of hydrogen-bond acceptors (Lipinski definition) is 7. The van der Waals surface area contributed by atoms with Crippen LogP contribution < -0.4 is 10.5 Å². The van der Waals surface area contributed by atoms with Crippen molar-refractivity contribution >= 4 is 28.3 Å². The lowest BCUT2D eigenvalue weighted by Crippen LogP contribution is -2.09. The van der Waals surface area contributed by atoms with Gasteiger partial charge in [-0.1, -0.05) is 23.7 Å². The van der Waals surface area contributed by atoms with Gasteiger partial charge in [-0.2, -0.15) is 5.10 Å². The van der Waals surface area contributed by atoms with E-state index in [0.29, 0.717) is 35.1 Å². The number of halogens is 1. The summed E-state index contributed by atoms with van der Waals surface area (Å²) in [5.74, 6) is 0.457. The van der Waals surface area contributed by atoms with Crippen LogP contribution in [0.25, 0.3) is 33.5 Å². The molecule has 34 heavy (non-hydrogen) atoms. The maximum absolute atomic E-state index is 6.56. The van der Waals surface area contributed by atoms with Crippen LogP contribution in [0.3, 0.4) is 0 Å². The van der Waals surface area contributed by atoms with Crippen LogP contribution in [0.5, 0.6) is 5.88 Å². The van der Waals surface area contributed by atoms with Crippen molar-refractivity contribution < 1.29 is 4.74 Å². The van der Waals surface area contributed by atoms with Gasteiger partial charge in [0.2, 0.25) is 0 Å². The Morgan fingerprint density at radius 1 is 1.09 bits per heavy atom. The molecule has 0 aliphatic carbocycles. The Hall–Kier alpha value is -4.04. The number of aromatic nitrogens is 6. The van der Waals surface area contributed by atoms with Gasteiger partial charge >= 0.3 is 0 Å². The monoisotopic (exact) mass is 471 g/mol. The van der Waals surface area contributed by atoms with E-state index in [2.05, 4.69) is 26.1 Å². The SMILES string of the molecule is Cc1cncc(CCOc2nc(-c3cc(Cl)c4ncccc4c3)c(-c3ccn(C)n3)nc2N)c1. The number of aryl methyl sites for hydroxylation is 2. The van der Waals surface area contributed by atoms with E-state index in [4.69, 9.17) is 27.1 Å². The van der Waals surface area contributed by atoms with Gasteiger partial charge in [-0.25, -0.2) is 9.97 Å². The lowest BCUT2D eigenvalue weighted by molar-refractivity contribution is 0.310. The molecule has 4 aromatic heterocycles. The minimum atomic E-state index is 0.195. The van der Waals surface area contributed by atoms with E-state index in [1.54, 1.807) is 10.9 Å². The van der Waals surface area contributed by atoms with Crippen molar-refractivity contribution in [3.63, 3.8) is 0 Å². The number of nitrogen functional groups attached to an aromatic ring is 1. The van der Waals surface area contributed by atoms with Crippen molar-refractivity contribution in [2.24, 2.45) is 7.05 Å². The van der Waals surface area contributed by atoms with Gasteiger partial charge in [0.05, 0.1) is 17.1 Å². The van der Waals surface area contributed by atoms with Crippen LogP contribution in [0, 0.1) is 6.92 Å². The highest BCUT2D eigenvalue weighted by atomic mass is 35.5. The summed E-state index contributed by atoms with van der Waals surface area (Å²) in [4.78, 5) is 18.0. The minimum absolute atomic E-state index is 0.195. The number of nitrogens with zero attached hydrogens (tertiary/aromatic N) is 6. The molecule has 4 heterocycles. The molecule has 8 nitrogen and oxygen atoms in total. The van der Waals surface area contributed by atoms with E-state index >= 15 is 0 Å². The molecule has 0 aliphatic rings. The van der Waals surface area contributed by atoms with Crippen molar-refractivity contribution in [2.75, 3.05) is 12.3 Å². The van der Waals surface area contributed by atoms with Crippen molar-refractivity contribution in [1.82, 2.24) is 29.7 Å². The molecule has 0 aliphatic heterocycles. The molecule has 0 spiro atoms. The van der Waals surface area contributed by atoms with Crippen LogP contribution in [-0.2, 0) is 13.5 Å². The van der Waals surface area contributed by atoms with Gasteiger partial charge in [-0.05, 0) is 42.3 Å². The van der Waals surface area contributed by atoms with E-state index in [1.165, 1.54) is 0 Å². The molecule has 0 fully saturated rings. The smallest absolute Gasteiger partial charge is 0.257 e. The fourth-order valence-corrected chi connectivity index (χ4v) is 4.04. The van der Waals surface area contributed by atoms with Crippen LogP contribution in [0.4, 0.5) is 5.82 Å². The number of nitrogens with two attached hydrogens (primary N) is 1. The molecule has 2 N–H and O–H groups in total. The number of benzene rings is 1. The van der Waals surface area contributed by atoms with E-state index in [1.807, 2.05) is 62.9 Å². The molecule has 0 saturated heterocycles. The highest BCUT2D eigenvalue weighted by Crippen LogP contribution is 2.35. The summed E-state index contributed by atoms with van der Waals surface area (Å²) in [7, 11) is 1.84. The van der Waals surface area contributed by atoms with Gasteiger partial charge in [0.15, 0.2) is 5.82 Å². The van der Waals surface area contributed by atoms with Crippen LogP contribution in [0.15, 0.2) is 61.2 Å². The number of rotatable bonds is 6. The quantitative estimate of drug-likeness (QED) is 0.384. The Kier molecular flexibility index (Phi) is 5.81. The number of fused-ring (bicyclic) bond motifs is 1. The zero-order valence-electron chi connectivity index (χ0n) is 18.7. The first-order chi connectivity index (χ1) is 16.5. The van der Waals surface area contributed by atoms with Crippen molar-refractivity contribution in [2.45, 2.75) is 13.3 Å². The van der Waals surface area contributed by atoms with Gasteiger partial charge < -0.3 is 10.5 Å². The summed E-state index contributed by atoms with van der Waals surface area (Å²) in [6, 6.07) is 11.6. The number of pyridine rings is 2. The Bertz CT molecular complexity index is 1500. The molecule has 170 valence electrons. The third-order valence-electron chi connectivity index (χ3n) is 5.34. The summed E-state index contributed by atoms with van der Waals surface area (Å²) in [5.41, 5.74) is 11.7. The largest absolute Gasteiger partial charge is 0.475 e. The summed E-state index contributed by atoms with van der Waals surface area (Å²) in [6.45, 7) is 2.39. The van der Waals surface area contributed by atoms with E-state index < -0.39 is 0 Å². The minimum Gasteiger partial charge on any atom is -0.475 e. The van der Waals surface area contributed by atoms with Gasteiger partial charge in [0.25, 0.3) is 5.88 Å². The molecule has 5 aromatic rings. The molecule has 5 rings (SSSR count). The molecule has 9 heteroatoms. The second-order valence-electron chi connectivity index (χ2n) is 7.99. The Balaban J connectivity index is 1.55. The molecule has 0 radical (unpaired) electrons. The van der Waals surface area contributed by atoms with Gasteiger partial charge in [-0.15, -0.1) is 0 Å². The summed E-state index contributed by atoms with van der Waals surface area (Å²) in [5, 5.41) is 5.91. The molecular weight excluding hydrogens is 450 g/mol. The normalized spacial score (nSPS) is 11.1. The summed E-state index contributed by atoms with van der Waals surface area (Å²) >= 11 is 6.56. The summed E-state index contributed by atoms with van der Waals surface area (Å²) in [6.07, 6.45) is 7.87. The molecule has 0 amide bonds. The average Bonchev–Trinajstić information content (AvgIpc) is 3.26. The average molecular weight is 472 g/mol. The van der Waals surface area contributed by atoms with Gasteiger partial charge in [0.1, 0.15) is 17.1 Å². The Morgan fingerprint density at radius 3 is 2.76 bits per heavy atom. The van der Waals surface area contributed by atoms with E-state index in [0.717, 1.165) is 27.6 Å². The second kappa shape index (κ2) is 9.07. The molecule has 0 saturated carbocycles. The lowest BCUT2D eigenvalue weighted by atomic mass is 10.0. The van der Waals surface area contributed by atoms with E-state index in [-0.39, 0.29) is 11.7 Å². The Labute approximate surface area is 201 Å². The molecular formula is C25H22ClN7O. The highest BCUT2D eigenvalue weighted by Gasteiger charge is 2.19. The Morgan fingerprint density at radius 2 is 1.97 bits per heavy atom. The standard InChI is InChI=1S/C25H22ClN7O/c1-15-10-16(14-28-13-15)6-9-34-25-24(27)30-23(20-5-8-33(2)32-20)22(31-25)18-11-17-4-3-7-29-21(17)19(26)12-18/h3-5,7-8,10-14H,6,9H2,1-2H3,(H2,27,30). The maximum Gasteiger partial charge on any atom is 0.257 e. The van der Waals surface area contributed by atoms with Crippen LogP contribution in [0.2, 0.25) is 5.02 Å². The third kappa shape index (κ3) is 4.40. The van der Waals surface area contributed by atoms with Crippen molar-refractivity contribution in [3.05, 3.63) is 77.3 Å². The fraction of sp³-hybridized carbons (Fsp3) is 0.160. The van der Waals surface area contributed by atoms with Gasteiger partial charge in [0, 0.05) is 49.2 Å². The topological polar surface area (TPSA) is 105 Å². The predicted octanol–water partition coefficient (Wildman–Crippen LogP) is 4.65. The van der Waals surface area contributed by atoms with Crippen LogP contribution in [0.1, 0.15) is 11.1 Å². The lowest BCUT2D eigenvalue weighted by Gasteiger charge is -2.13. The predicted molar refractivity (Wildman–Crippen MR) is 133 cm³/mol. The first-order valence-electron chi connectivity index (χ1n) is 10.7. The zero-order valence-corrected chi connectivity index (χ0v) is 19.5. The van der Waals surface area contributed by atoms with E-state index in [9.17, 15) is 0 Å². The highest BCUT2D eigenvalue weighted by molar-refractivity contribution is 6.35. The van der Waals surface area contributed by atoms with Gasteiger partial charge in [-0.3, -0.25) is 14.6 Å². The number of ether oxygens (including phenoxy) is 1. The summed E-state index contributed by atoms with van der Waals surface area (Å²) < 4.78 is 7.66. The van der Waals surface area contributed by atoms with Crippen molar-refractivity contribution in [1.29, 1.82) is 0 Å². The number of hydrogen-bond donors (Lipinski definition) is 1. The second-order valence-corrected chi connectivity index (χ2v) is 8.40. The molecule has 0 unspecified atom stereocenters. The number of anilines is 1. The first-order valence-corrected chi connectivity index (χ1v) is 11.1. The van der Waals surface area contributed by atoms with Crippen LogP contribution in [-0.4, -0.2) is 36.3 Å². The maximum atomic E-state index is 6.56. The molecule has 0 atom stereocenters. The first kappa shape index (κ1) is 21.8. The molecule has 0 bridgehead atoms. The van der Waals surface area contributed by atoms with Crippen molar-refractivity contribution in [3.8, 4) is 28.5 Å². The third-order valence-corrected chi connectivity index (χ3v) is 5.63. The van der Waals surface area contributed by atoms with Crippen LogP contribution >= 0.6 is 11.6 Å². The zero-order chi connectivity index (χ0) is 23.7.